The molecule has 2 saturated heterocycles. The first-order chi connectivity index (χ1) is 13.9. The molecule has 3 rings (SSSR count). The van der Waals surface area contributed by atoms with Crippen molar-refractivity contribution in [1.29, 1.82) is 0 Å². The van der Waals surface area contributed by atoms with Crippen molar-refractivity contribution in [2.75, 3.05) is 50.7 Å². The van der Waals surface area contributed by atoms with Crippen LogP contribution in [-0.4, -0.2) is 73.3 Å². The highest BCUT2D eigenvalue weighted by Crippen LogP contribution is 2.28. The molecule has 2 heterocycles. The molecule has 7 nitrogen and oxygen atoms in total. The number of hydrogen-bond donors (Lipinski definition) is 1. The van der Waals surface area contributed by atoms with Crippen LogP contribution in [0.2, 0.25) is 0 Å². The topological polar surface area (TPSA) is 73.0 Å². The van der Waals surface area contributed by atoms with Crippen LogP contribution in [0.5, 0.6) is 0 Å². The first-order valence-electron chi connectivity index (χ1n) is 9.91. The Hall–Kier alpha value is -2.55. The second kappa shape index (κ2) is 9.30. The van der Waals surface area contributed by atoms with Crippen molar-refractivity contribution >= 4 is 23.4 Å². The lowest BCUT2D eigenvalue weighted by Crippen LogP contribution is -2.52. The fourth-order valence-electron chi connectivity index (χ4n) is 3.73. The molecule has 1 unspecified atom stereocenters. The van der Waals surface area contributed by atoms with E-state index in [1.807, 2.05) is 11.8 Å². The van der Waals surface area contributed by atoms with Crippen LogP contribution >= 0.6 is 0 Å². The van der Waals surface area contributed by atoms with Gasteiger partial charge in [0.2, 0.25) is 17.7 Å². The van der Waals surface area contributed by atoms with Gasteiger partial charge in [-0.1, -0.05) is 6.92 Å². The van der Waals surface area contributed by atoms with E-state index in [2.05, 4.69) is 5.32 Å². The number of halogens is 2. The number of nitrogens with one attached hydrogen (secondary N) is 1. The van der Waals surface area contributed by atoms with Crippen molar-refractivity contribution in [3.05, 3.63) is 29.8 Å². The lowest BCUT2D eigenvalue weighted by molar-refractivity contribution is -0.137. The van der Waals surface area contributed by atoms with Crippen LogP contribution in [0.25, 0.3) is 0 Å². The zero-order chi connectivity index (χ0) is 21.0. The summed E-state index contributed by atoms with van der Waals surface area (Å²) in [5, 5.41) is 2.83. The maximum atomic E-state index is 13.5. The SMILES string of the molecule is CCCNC(=O)CN1CCN(C(=O)C2CC(=O)N(c3cc(F)cc(F)c3)C2)CC1. The Morgan fingerprint density at radius 3 is 2.38 bits per heavy atom. The smallest absolute Gasteiger partial charge is 0.234 e. The summed E-state index contributed by atoms with van der Waals surface area (Å²) in [4.78, 5) is 41.9. The molecule has 3 amide bonds. The standard InChI is InChI=1S/C20H26F2N4O3/c1-2-3-23-18(27)13-24-4-6-25(7-5-24)20(29)14-8-19(28)26(12-14)17-10-15(21)9-16(22)11-17/h9-11,14H,2-8,12-13H2,1H3,(H,23,27). The Kier molecular flexibility index (Phi) is 6.79. The van der Waals surface area contributed by atoms with Gasteiger partial charge >= 0.3 is 0 Å². The number of amides is 3. The minimum atomic E-state index is -0.762. The fourth-order valence-corrected chi connectivity index (χ4v) is 3.73. The number of benzene rings is 1. The highest BCUT2D eigenvalue weighted by Gasteiger charge is 2.38. The Bertz CT molecular complexity index is 761. The van der Waals surface area contributed by atoms with Crippen molar-refractivity contribution in [3.8, 4) is 0 Å². The maximum Gasteiger partial charge on any atom is 0.234 e. The van der Waals surface area contributed by atoms with Gasteiger partial charge in [0.05, 0.1) is 12.5 Å². The molecule has 2 aliphatic rings. The van der Waals surface area contributed by atoms with Crippen LogP contribution in [0, 0.1) is 17.6 Å². The van der Waals surface area contributed by atoms with Gasteiger partial charge < -0.3 is 15.1 Å². The number of carbonyl (C=O) groups excluding carboxylic acids is 3. The summed E-state index contributed by atoms with van der Waals surface area (Å²) in [5.74, 6) is -2.53. The fraction of sp³-hybridized carbons (Fsp3) is 0.550. The molecule has 0 aromatic heterocycles. The van der Waals surface area contributed by atoms with Crippen LogP contribution in [-0.2, 0) is 14.4 Å². The van der Waals surface area contributed by atoms with E-state index >= 15 is 0 Å². The van der Waals surface area contributed by atoms with E-state index in [0.29, 0.717) is 39.3 Å². The molecular formula is C20H26F2N4O3. The molecule has 9 heteroatoms. The van der Waals surface area contributed by atoms with Crippen LogP contribution in [0.15, 0.2) is 18.2 Å². The minimum Gasteiger partial charge on any atom is -0.355 e. The number of piperazine rings is 1. The highest BCUT2D eigenvalue weighted by atomic mass is 19.1. The number of anilines is 1. The van der Waals surface area contributed by atoms with Crippen molar-refractivity contribution in [3.63, 3.8) is 0 Å². The van der Waals surface area contributed by atoms with Gasteiger partial charge in [-0.15, -0.1) is 0 Å². The minimum absolute atomic E-state index is 0.0222. The molecule has 0 radical (unpaired) electrons. The van der Waals surface area contributed by atoms with Gasteiger partial charge in [0, 0.05) is 57.4 Å². The molecule has 0 bridgehead atoms. The third-order valence-corrected chi connectivity index (χ3v) is 5.26. The van der Waals surface area contributed by atoms with E-state index in [0.717, 1.165) is 24.6 Å². The summed E-state index contributed by atoms with van der Waals surface area (Å²) in [6.07, 6.45) is 0.907. The summed E-state index contributed by atoms with van der Waals surface area (Å²) >= 11 is 0. The molecular weight excluding hydrogens is 382 g/mol. The summed E-state index contributed by atoms with van der Waals surface area (Å²) in [5.41, 5.74) is 0.130. The van der Waals surface area contributed by atoms with Gasteiger partial charge in [-0.25, -0.2) is 8.78 Å². The van der Waals surface area contributed by atoms with E-state index in [1.54, 1.807) is 4.90 Å². The monoisotopic (exact) mass is 408 g/mol. The number of rotatable bonds is 6. The summed E-state index contributed by atoms with van der Waals surface area (Å²) < 4.78 is 26.9. The van der Waals surface area contributed by atoms with E-state index < -0.39 is 17.6 Å². The Labute approximate surface area is 168 Å². The van der Waals surface area contributed by atoms with E-state index in [-0.39, 0.29) is 36.4 Å². The van der Waals surface area contributed by atoms with Gasteiger partial charge in [-0.05, 0) is 18.6 Å². The molecule has 0 saturated carbocycles. The molecule has 0 spiro atoms. The van der Waals surface area contributed by atoms with E-state index in [9.17, 15) is 23.2 Å². The average Bonchev–Trinajstić information content (AvgIpc) is 3.07. The number of carbonyl (C=O) groups is 3. The largest absolute Gasteiger partial charge is 0.355 e. The lowest BCUT2D eigenvalue weighted by atomic mass is 10.1. The first kappa shape index (κ1) is 21.2. The van der Waals surface area contributed by atoms with Crippen LogP contribution in [0.3, 0.4) is 0 Å². The molecule has 29 heavy (non-hydrogen) atoms. The predicted molar refractivity (Wildman–Crippen MR) is 103 cm³/mol. The van der Waals surface area contributed by atoms with E-state index in [1.165, 1.54) is 4.90 Å². The molecule has 1 atom stereocenters. The summed E-state index contributed by atoms with van der Waals surface area (Å²) in [6.45, 7) is 5.21. The van der Waals surface area contributed by atoms with E-state index in [4.69, 9.17) is 0 Å². The van der Waals surface area contributed by atoms with Gasteiger partial charge in [0.1, 0.15) is 11.6 Å². The molecule has 0 aliphatic carbocycles. The Morgan fingerprint density at radius 1 is 1.10 bits per heavy atom. The lowest BCUT2D eigenvalue weighted by Gasteiger charge is -2.35. The van der Waals surface area contributed by atoms with Crippen molar-refractivity contribution in [2.24, 2.45) is 5.92 Å². The molecule has 2 fully saturated rings. The Morgan fingerprint density at radius 2 is 1.76 bits per heavy atom. The normalized spacial score (nSPS) is 20.2. The zero-order valence-corrected chi connectivity index (χ0v) is 16.5. The van der Waals surface area contributed by atoms with Gasteiger partial charge in [-0.3, -0.25) is 19.3 Å². The Balaban J connectivity index is 1.53. The zero-order valence-electron chi connectivity index (χ0n) is 16.5. The highest BCUT2D eigenvalue weighted by molar-refractivity contribution is 6.00. The van der Waals surface area contributed by atoms with Crippen molar-refractivity contribution in [1.82, 2.24) is 15.1 Å². The molecule has 1 N–H and O–H groups in total. The second-order valence-corrected chi connectivity index (χ2v) is 7.48. The quantitative estimate of drug-likeness (QED) is 0.762. The average molecular weight is 408 g/mol. The number of hydrogen-bond acceptors (Lipinski definition) is 4. The summed E-state index contributed by atoms with van der Waals surface area (Å²) in [7, 11) is 0. The molecule has 158 valence electrons. The molecule has 2 aliphatic heterocycles. The summed E-state index contributed by atoms with van der Waals surface area (Å²) in [6, 6.07) is 2.93. The van der Waals surface area contributed by atoms with Crippen molar-refractivity contribution in [2.45, 2.75) is 19.8 Å². The predicted octanol–water partition coefficient (Wildman–Crippen LogP) is 0.988. The van der Waals surface area contributed by atoms with Gasteiger partial charge in [-0.2, -0.15) is 0 Å². The number of nitrogens with zero attached hydrogens (tertiary/aromatic N) is 3. The first-order valence-corrected chi connectivity index (χ1v) is 9.91. The van der Waals surface area contributed by atoms with Gasteiger partial charge in [0.15, 0.2) is 0 Å². The third kappa shape index (κ3) is 5.29. The van der Waals surface area contributed by atoms with Crippen LogP contribution in [0.1, 0.15) is 19.8 Å². The molecule has 1 aromatic rings. The van der Waals surface area contributed by atoms with Crippen molar-refractivity contribution < 1.29 is 23.2 Å². The second-order valence-electron chi connectivity index (χ2n) is 7.48. The molecule has 1 aromatic carbocycles. The third-order valence-electron chi connectivity index (χ3n) is 5.26. The van der Waals surface area contributed by atoms with Gasteiger partial charge in [0.25, 0.3) is 0 Å². The van der Waals surface area contributed by atoms with Crippen LogP contribution < -0.4 is 10.2 Å². The maximum absolute atomic E-state index is 13.5. The van der Waals surface area contributed by atoms with Crippen LogP contribution in [0.4, 0.5) is 14.5 Å².